The van der Waals surface area contributed by atoms with E-state index in [-0.39, 0.29) is 17.3 Å². The van der Waals surface area contributed by atoms with Crippen LogP contribution in [-0.4, -0.2) is 42.1 Å². The number of benzene rings is 2. The number of hydrogen-bond acceptors (Lipinski definition) is 5. The molecular weight excluding hydrogens is 378 g/mol. The van der Waals surface area contributed by atoms with Crippen molar-refractivity contribution < 1.29 is 17.9 Å². The topological polar surface area (TPSA) is 79.0 Å². The van der Waals surface area contributed by atoms with Gasteiger partial charge in [0.1, 0.15) is 5.75 Å². The van der Waals surface area contributed by atoms with Crippen LogP contribution in [0.15, 0.2) is 47.4 Å². The Morgan fingerprint density at radius 1 is 1.14 bits per heavy atom. The average Bonchev–Trinajstić information content (AvgIpc) is 3.12. The number of nitrogens with zero attached hydrogens (tertiary/aromatic N) is 2. The van der Waals surface area contributed by atoms with E-state index in [4.69, 9.17) is 4.74 Å². The molecule has 0 bridgehead atoms. The average molecular weight is 404 g/mol. The first kappa shape index (κ1) is 20.2. The van der Waals surface area contributed by atoms with E-state index in [9.17, 15) is 13.2 Å². The second-order valence-electron chi connectivity index (χ2n) is 6.87. The van der Waals surface area contributed by atoms with Gasteiger partial charge in [-0.3, -0.25) is 4.79 Å². The summed E-state index contributed by atoms with van der Waals surface area (Å²) in [5.74, 6) is 0.454. The molecule has 2 aromatic rings. The van der Waals surface area contributed by atoms with Crippen LogP contribution in [-0.2, 0) is 21.4 Å². The third-order valence-corrected chi connectivity index (χ3v) is 6.14. The van der Waals surface area contributed by atoms with Crippen LogP contribution in [0, 0.1) is 0 Å². The number of carbonyl (C=O) groups excluding carboxylic acids is 1. The number of carbonyl (C=O) groups is 1. The predicted octanol–water partition coefficient (Wildman–Crippen LogP) is 2.37. The number of sulfonamides is 1. The Morgan fingerprint density at radius 2 is 1.86 bits per heavy atom. The standard InChI is InChI=1S/C20H25N3O4S/c1-22(2)16-8-6-15(7-9-16)14-21-28(25,26)17-10-11-19(27-3)18(13-17)23-12-4-5-20(23)24/h6-11,13,21H,4-5,12,14H2,1-3H3. The number of ether oxygens (including phenoxy) is 1. The molecule has 3 rings (SSSR count). The van der Waals surface area contributed by atoms with Crippen molar-refractivity contribution in [1.29, 1.82) is 0 Å². The Labute approximate surface area is 166 Å². The minimum atomic E-state index is -3.73. The van der Waals surface area contributed by atoms with Crippen molar-refractivity contribution in [3.05, 3.63) is 48.0 Å². The summed E-state index contributed by atoms with van der Waals surface area (Å²) in [6.45, 7) is 0.740. The predicted molar refractivity (Wildman–Crippen MR) is 109 cm³/mol. The van der Waals surface area contributed by atoms with Gasteiger partial charge >= 0.3 is 0 Å². The van der Waals surface area contributed by atoms with E-state index in [1.807, 2.05) is 43.3 Å². The third-order valence-electron chi connectivity index (χ3n) is 4.74. The van der Waals surface area contributed by atoms with Crippen LogP contribution in [0.2, 0.25) is 0 Å². The van der Waals surface area contributed by atoms with E-state index < -0.39 is 10.0 Å². The van der Waals surface area contributed by atoms with Gasteiger partial charge in [0.15, 0.2) is 0 Å². The maximum Gasteiger partial charge on any atom is 0.240 e. The molecule has 0 spiro atoms. The first-order chi connectivity index (χ1) is 13.3. The summed E-state index contributed by atoms with van der Waals surface area (Å²) < 4.78 is 33.5. The molecule has 0 unspecified atom stereocenters. The van der Waals surface area contributed by atoms with Crippen molar-refractivity contribution in [2.75, 3.05) is 37.5 Å². The highest BCUT2D eigenvalue weighted by Crippen LogP contribution is 2.33. The van der Waals surface area contributed by atoms with Crippen LogP contribution in [0.4, 0.5) is 11.4 Å². The number of amides is 1. The zero-order chi connectivity index (χ0) is 20.3. The summed E-state index contributed by atoms with van der Waals surface area (Å²) in [5, 5.41) is 0. The van der Waals surface area contributed by atoms with Crippen molar-refractivity contribution in [3.63, 3.8) is 0 Å². The number of anilines is 2. The molecule has 0 aliphatic carbocycles. The molecule has 0 atom stereocenters. The fourth-order valence-electron chi connectivity index (χ4n) is 3.12. The van der Waals surface area contributed by atoms with Gasteiger partial charge in [-0.05, 0) is 42.3 Å². The van der Waals surface area contributed by atoms with Gasteiger partial charge in [-0.1, -0.05) is 12.1 Å². The lowest BCUT2D eigenvalue weighted by atomic mass is 10.2. The summed E-state index contributed by atoms with van der Waals surface area (Å²) in [7, 11) is 1.67. The Morgan fingerprint density at radius 3 is 2.43 bits per heavy atom. The molecule has 0 aromatic heterocycles. The Hall–Kier alpha value is -2.58. The van der Waals surface area contributed by atoms with Crippen LogP contribution < -0.4 is 19.3 Å². The maximum absolute atomic E-state index is 12.8. The largest absolute Gasteiger partial charge is 0.495 e. The van der Waals surface area contributed by atoms with Crippen LogP contribution in [0.1, 0.15) is 18.4 Å². The summed E-state index contributed by atoms with van der Waals surface area (Å²) in [6, 6.07) is 12.2. The maximum atomic E-state index is 12.8. The molecule has 1 amide bonds. The van der Waals surface area contributed by atoms with Gasteiger partial charge in [0, 0.05) is 39.3 Å². The molecular formula is C20H25N3O4S. The molecule has 0 saturated carbocycles. The number of hydrogen-bond donors (Lipinski definition) is 1. The lowest BCUT2D eigenvalue weighted by Gasteiger charge is -2.20. The van der Waals surface area contributed by atoms with Gasteiger partial charge in [0.2, 0.25) is 15.9 Å². The fourth-order valence-corrected chi connectivity index (χ4v) is 4.16. The minimum Gasteiger partial charge on any atom is -0.495 e. The smallest absolute Gasteiger partial charge is 0.240 e. The third kappa shape index (κ3) is 4.28. The van der Waals surface area contributed by atoms with E-state index in [0.29, 0.717) is 24.4 Å². The molecule has 1 heterocycles. The highest BCUT2D eigenvalue weighted by atomic mass is 32.2. The molecule has 1 aliphatic heterocycles. The van der Waals surface area contributed by atoms with E-state index in [2.05, 4.69) is 4.72 Å². The molecule has 1 N–H and O–H groups in total. The molecule has 2 aromatic carbocycles. The molecule has 150 valence electrons. The van der Waals surface area contributed by atoms with Crippen LogP contribution in [0.25, 0.3) is 0 Å². The number of methoxy groups -OCH3 is 1. The van der Waals surface area contributed by atoms with E-state index in [1.165, 1.54) is 19.2 Å². The summed E-state index contributed by atoms with van der Waals surface area (Å²) in [5.41, 5.74) is 2.39. The first-order valence-electron chi connectivity index (χ1n) is 9.06. The van der Waals surface area contributed by atoms with Crippen molar-refractivity contribution in [1.82, 2.24) is 4.72 Å². The molecule has 1 aliphatic rings. The van der Waals surface area contributed by atoms with Crippen LogP contribution >= 0.6 is 0 Å². The normalized spacial score (nSPS) is 14.4. The highest BCUT2D eigenvalue weighted by Gasteiger charge is 2.26. The summed E-state index contributed by atoms with van der Waals surface area (Å²) in [6.07, 6.45) is 1.21. The van der Waals surface area contributed by atoms with Gasteiger partial charge in [-0.2, -0.15) is 0 Å². The van der Waals surface area contributed by atoms with E-state index in [1.54, 1.807) is 11.0 Å². The lowest BCUT2D eigenvalue weighted by Crippen LogP contribution is -2.26. The minimum absolute atomic E-state index is 0.0261. The van der Waals surface area contributed by atoms with E-state index in [0.717, 1.165) is 17.7 Å². The second-order valence-corrected chi connectivity index (χ2v) is 8.63. The molecule has 1 saturated heterocycles. The second kappa shape index (κ2) is 8.20. The van der Waals surface area contributed by atoms with Crippen molar-refractivity contribution in [2.24, 2.45) is 0 Å². The van der Waals surface area contributed by atoms with Gasteiger partial charge in [0.25, 0.3) is 0 Å². The first-order valence-corrected chi connectivity index (χ1v) is 10.5. The Bertz CT molecular complexity index is 956. The van der Waals surface area contributed by atoms with Gasteiger partial charge in [-0.25, -0.2) is 13.1 Å². The molecule has 1 fully saturated rings. The van der Waals surface area contributed by atoms with Gasteiger partial charge in [0.05, 0.1) is 17.7 Å². The fraction of sp³-hybridized carbons (Fsp3) is 0.350. The SMILES string of the molecule is COc1ccc(S(=O)(=O)NCc2ccc(N(C)C)cc2)cc1N1CCCC1=O. The monoisotopic (exact) mass is 403 g/mol. The Kier molecular flexibility index (Phi) is 5.90. The highest BCUT2D eigenvalue weighted by molar-refractivity contribution is 7.89. The quantitative estimate of drug-likeness (QED) is 0.768. The van der Waals surface area contributed by atoms with Crippen molar-refractivity contribution in [2.45, 2.75) is 24.3 Å². The number of rotatable bonds is 7. The van der Waals surface area contributed by atoms with Gasteiger partial charge < -0.3 is 14.5 Å². The van der Waals surface area contributed by atoms with Crippen molar-refractivity contribution in [3.8, 4) is 5.75 Å². The van der Waals surface area contributed by atoms with Crippen LogP contribution in [0.5, 0.6) is 5.75 Å². The molecule has 7 nitrogen and oxygen atoms in total. The zero-order valence-electron chi connectivity index (χ0n) is 16.3. The lowest BCUT2D eigenvalue weighted by molar-refractivity contribution is -0.117. The molecule has 8 heteroatoms. The van der Waals surface area contributed by atoms with Crippen LogP contribution in [0.3, 0.4) is 0 Å². The molecule has 0 radical (unpaired) electrons. The Balaban J connectivity index is 1.80. The molecule has 28 heavy (non-hydrogen) atoms. The summed E-state index contributed by atoms with van der Waals surface area (Å²) >= 11 is 0. The zero-order valence-corrected chi connectivity index (χ0v) is 17.1. The van der Waals surface area contributed by atoms with E-state index >= 15 is 0 Å². The van der Waals surface area contributed by atoms with Gasteiger partial charge in [-0.15, -0.1) is 0 Å². The van der Waals surface area contributed by atoms with Crippen molar-refractivity contribution >= 4 is 27.3 Å². The number of nitrogens with one attached hydrogen (secondary N) is 1. The summed E-state index contributed by atoms with van der Waals surface area (Å²) in [4.78, 5) is 15.8.